The third-order valence-corrected chi connectivity index (χ3v) is 4.08. The molecule has 1 amide bonds. The molecule has 0 saturated carbocycles. The first-order valence-corrected chi connectivity index (χ1v) is 8.76. The molecule has 1 aromatic carbocycles. The highest BCUT2D eigenvalue weighted by atomic mass is 16.6. The van der Waals surface area contributed by atoms with Crippen LogP contribution < -0.4 is 5.32 Å². The number of carbonyl (C=O) groups excluding carboxylic acids is 3. The van der Waals surface area contributed by atoms with Gasteiger partial charge in [-0.15, -0.1) is 0 Å². The smallest absolute Gasteiger partial charge is 0.339 e. The fraction of sp³-hybridized carbons (Fsp3) is 0.316. The van der Waals surface area contributed by atoms with Crippen LogP contribution in [0.15, 0.2) is 30.3 Å². The number of ether oxygens (including phenoxy) is 2. The van der Waals surface area contributed by atoms with Gasteiger partial charge in [0.2, 0.25) is 0 Å². The second kappa shape index (κ2) is 9.49. The minimum Gasteiger partial charge on any atom is -0.462 e. The average Bonchev–Trinajstić information content (AvgIpc) is 2.95. The van der Waals surface area contributed by atoms with Crippen molar-refractivity contribution >= 4 is 29.2 Å². The van der Waals surface area contributed by atoms with E-state index < -0.39 is 29.4 Å². The van der Waals surface area contributed by atoms with E-state index in [0.29, 0.717) is 22.6 Å². The number of anilines is 1. The van der Waals surface area contributed by atoms with Crippen LogP contribution in [0.1, 0.15) is 28.7 Å². The summed E-state index contributed by atoms with van der Waals surface area (Å²) in [6.07, 6.45) is 0. The summed E-state index contributed by atoms with van der Waals surface area (Å²) in [4.78, 5) is 46.0. The summed E-state index contributed by atoms with van der Waals surface area (Å²) in [5, 5.41) is 13.1. The maximum atomic E-state index is 12.1. The van der Waals surface area contributed by atoms with E-state index >= 15 is 0 Å². The zero-order valence-electron chi connectivity index (χ0n) is 16.3. The number of nitrogens with one attached hydrogen (secondary N) is 1. The molecule has 0 saturated heterocycles. The second-order valence-corrected chi connectivity index (χ2v) is 6.10. The number of non-ortho nitro benzene ring substituents is 1. The molecule has 1 heterocycles. The number of amides is 1. The molecule has 0 atom stereocenters. The summed E-state index contributed by atoms with van der Waals surface area (Å²) < 4.78 is 11.6. The summed E-state index contributed by atoms with van der Waals surface area (Å²) in [5.41, 5.74) is 1.85. The third-order valence-electron chi connectivity index (χ3n) is 4.08. The van der Waals surface area contributed by atoms with E-state index in [-0.39, 0.29) is 18.8 Å². The lowest BCUT2D eigenvalue weighted by atomic mass is 10.2. The highest BCUT2D eigenvalue weighted by Crippen LogP contribution is 2.17. The van der Waals surface area contributed by atoms with Crippen molar-refractivity contribution in [2.24, 2.45) is 0 Å². The molecule has 2 rings (SSSR count). The summed E-state index contributed by atoms with van der Waals surface area (Å²) >= 11 is 0. The van der Waals surface area contributed by atoms with E-state index in [1.807, 2.05) is 0 Å². The Kier molecular flexibility index (Phi) is 7.07. The minimum atomic E-state index is -0.652. The van der Waals surface area contributed by atoms with E-state index in [1.54, 1.807) is 31.4 Å². The van der Waals surface area contributed by atoms with Gasteiger partial charge in [-0.1, -0.05) is 0 Å². The molecule has 0 bridgehead atoms. The van der Waals surface area contributed by atoms with Crippen LogP contribution in [0, 0.1) is 24.0 Å². The molecule has 10 nitrogen and oxygen atoms in total. The summed E-state index contributed by atoms with van der Waals surface area (Å²) in [6, 6.07) is 6.88. The summed E-state index contributed by atoms with van der Waals surface area (Å²) in [6.45, 7) is 4.70. The predicted molar refractivity (Wildman–Crippen MR) is 103 cm³/mol. The standard InChI is InChI=1S/C19H21N3O7/c1-4-28-19(25)16-9-12(2)21(13(16)3)10-18(24)29-11-17(23)20-14-5-7-15(8-6-14)22(26)27/h5-9H,4,10-11H2,1-3H3,(H,20,23). The van der Waals surface area contributed by atoms with Crippen molar-refractivity contribution in [2.45, 2.75) is 27.3 Å². The van der Waals surface area contributed by atoms with Gasteiger partial charge >= 0.3 is 11.9 Å². The topological polar surface area (TPSA) is 130 Å². The Bertz CT molecular complexity index is 932. The molecule has 10 heteroatoms. The van der Waals surface area contributed by atoms with Gasteiger partial charge in [0, 0.05) is 29.2 Å². The number of nitrogens with zero attached hydrogens (tertiary/aromatic N) is 2. The number of carbonyl (C=O) groups is 3. The van der Waals surface area contributed by atoms with Crippen molar-refractivity contribution in [3.8, 4) is 0 Å². The van der Waals surface area contributed by atoms with Crippen molar-refractivity contribution in [1.82, 2.24) is 4.57 Å². The van der Waals surface area contributed by atoms with Crippen molar-refractivity contribution in [3.05, 3.63) is 57.4 Å². The van der Waals surface area contributed by atoms with Gasteiger partial charge in [0.05, 0.1) is 17.1 Å². The first-order valence-electron chi connectivity index (χ1n) is 8.76. The molecule has 0 spiro atoms. The van der Waals surface area contributed by atoms with Gasteiger partial charge in [0.25, 0.3) is 11.6 Å². The second-order valence-electron chi connectivity index (χ2n) is 6.10. The molecule has 0 fully saturated rings. The van der Waals surface area contributed by atoms with E-state index in [0.717, 1.165) is 0 Å². The molecule has 0 aliphatic rings. The number of nitro benzene ring substituents is 1. The maximum Gasteiger partial charge on any atom is 0.339 e. The number of aryl methyl sites for hydroxylation is 1. The van der Waals surface area contributed by atoms with Gasteiger partial charge in [0.1, 0.15) is 6.54 Å². The lowest BCUT2D eigenvalue weighted by molar-refractivity contribution is -0.384. The monoisotopic (exact) mass is 403 g/mol. The average molecular weight is 403 g/mol. The van der Waals surface area contributed by atoms with Gasteiger partial charge in [0.15, 0.2) is 6.61 Å². The Balaban J connectivity index is 1.90. The van der Waals surface area contributed by atoms with Crippen molar-refractivity contribution in [2.75, 3.05) is 18.5 Å². The maximum absolute atomic E-state index is 12.1. The van der Waals surface area contributed by atoms with Crippen molar-refractivity contribution < 1.29 is 28.8 Å². The van der Waals surface area contributed by atoms with E-state index in [1.165, 1.54) is 24.3 Å². The lowest BCUT2D eigenvalue weighted by Gasteiger charge is -2.10. The number of esters is 2. The molecule has 1 N–H and O–H groups in total. The quantitative estimate of drug-likeness (QED) is 0.407. The van der Waals surface area contributed by atoms with Crippen LogP contribution in [-0.4, -0.2) is 40.5 Å². The SMILES string of the molecule is CCOC(=O)c1cc(C)n(CC(=O)OCC(=O)Nc2ccc([N+](=O)[O-])cc2)c1C. The molecule has 1 aromatic heterocycles. The molecule has 0 radical (unpaired) electrons. The zero-order chi connectivity index (χ0) is 21.6. The third kappa shape index (κ3) is 5.64. The van der Waals surface area contributed by atoms with Crippen LogP contribution in [0.25, 0.3) is 0 Å². The summed E-state index contributed by atoms with van der Waals surface area (Å²) in [7, 11) is 0. The normalized spacial score (nSPS) is 10.3. The number of rotatable bonds is 8. The van der Waals surface area contributed by atoms with Gasteiger partial charge in [-0.3, -0.25) is 19.7 Å². The molecule has 2 aromatic rings. The van der Waals surface area contributed by atoms with Crippen LogP contribution in [0.2, 0.25) is 0 Å². The predicted octanol–water partition coefficient (Wildman–Crippen LogP) is 2.37. The molecule has 0 aliphatic heterocycles. The number of hydrogen-bond acceptors (Lipinski definition) is 7. The first kappa shape index (κ1) is 21.6. The van der Waals surface area contributed by atoms with Gasteiger partial charge in [-0.25, -0.2) is 4.79 Å². The lowest BCUT2D eigenvalue weighted by Crippen LogP contribution is -2.23. The van der Waals surface area contributed by atoms with Crippen molar-refractivity contribution in [1.29, 1.82) is 0 Å². The Hall–Kier alpha value is -3.69. The zero-order valence-corrected chi connectivity index (χ0v) is 16.3. The van der Waals surface area contributed by atoms with E-state index in [2.05, 4.69) is 5.32 Å². The highest BCUT2D eigenvalue weighted by molar-refractivity contribution is 5.93. The molecular weight excluding hydrogens is 382 g/mol. The fourth-order valence-electron chi connectivity index (χ4n) is 2.64. The Morgan fingerprint density at radius 3 is 2.38 bits per heavy atom. The van der Waals surface area contributed by atoms with Gasteiger partial charge in [-0.05, 0) is 39.0 Å². The van der Waals surface area contributed by atoms with Crippen LogP contribution in [0.3, 0.4) is 0 Å². The number of aromatic nitrogens is 1. The Morgan fingerprint density at radius 1 is 1.14 bits per heavy atom. The van der Waals surface area contributed by atoms with Gasteiger partial charge in [-0.2, -0.15) is 0 Å². The van der Waals surface area contributed by atoms with Crippen LogP contribution in [0.4, 0.5) is 11.4 Å². The molecule has 154 valence electrons. The van der Waals surface area contributed by atoms with Gasteiger partial charge < -0.3 is 19.4 Å². The minimum absolute atomic E-state index is 0.103. The van der Waals surface area contributed by atoms with Crippen LogP contribution >= 0.6 is 0 Å². The summed E-state index contributed by atoms with van der Waals surface area (Å²) in [5.74, 6) is -1.70. The largest absolute Gasteiger partial charge is 0.462 e. The highest BCUT2D eigenvalue weighted by Gasteiger charge is 2.19. The number of nitro groups is 1. The number of benzene rings is 1. The first-order chi connectivity index (χ1) is 13.7. The van der Waals surface area contributed by atoms with Crippen LogP contribution in [0.5, 0.6) is 0 Å². The number of hydrogen-bond donors (Lipinski definition) is 1. The van der Waals surface area contributed by atoms with E-state index in [4.69, 9.17) is 9.47 Å². The molecule has 0 unspecified atom stereocenters. The molecule has 0 aliphatic carbocycles. The molecular formula is C19H21N3O7. The Labute approximate surface area is 166 Å². The fourth-order valence-corrected chi connectivity index (χ4v) is 2.64. The molecule has 29 heavy (non-hydrogen) atoms. The van der Waals surface area contributed by atoms with Crippen LogP contribution in [-0.2, 0) is 25.6 Å². The van der Waals surface area contributed by atoms with Crippen molar-refractivity contribution in [3.63, 3.8) is 0 Å². The Morgan fingerprint density at radius 2 is 1.79 bits per heavy atom. The van der Waals surface area contributed by atoms with E-state index in [9.17, 15) is 24.5 Å².